The predicted octanol–water partition coefficient (Wildman–Crippen LogP) is 8.08. The lowest BCUT2D eigenvalue weighted by atomic mass is 10.0. The van der Waals surface area contributed by atoms with Gasteiger partial charge in [-0.25, -0.2) is 0 Å². The van der Waals surface area contributed by atoms with Crippen molar-refractivity contribution in [3.05, 3.63) is 5.21 Å². The molecule has 0 heterocycles. The minimum absolute atomic E-state index is 0.139. The summed E-state index contributed by atoms with van der Waals surface area (Å²) in [5.41, 5.74) is 0. The average molecular weight is 416 g/mol. The molecule has 4 heteroatoms. The van der Waals surface area contributed by atoms with Crippen molar-refractivity contribution in [2.24, 2.45) is 0 Å². The van der Waals surface area contributed by atoms with Gasteiger partial charge in [-0.2, -0.15) is 0 Å². The second-order valence-electron chi connectivity index (χ2n) is 9.10. The van der Waals surface area contributed by atoms with Gasteiger partial charge in [0.25, 0.3) is 0 Å². The SMILES string of the molecule is CCCCCCCCCCCCCCCCCC(=O)O.CCCCC[N+](C)(C)[O-]. The lowest BCUT2D eigenvalue weighted by Crippen LogP contribution is -2.32. The molecule has 0 bridgehead atoms. The first kappa shape index (κ1) is 30.6. The zero-order valence-electron chi connectivity index (χ0n) is 20.4. The molecule has 0 fully saturated rings. The van der Waals surface area contributed by atoms with Crippen molar-refractivity contribution in [2.45, 2.75) is 136 Å². The quantitative estimate of drug-likeness (QED) is 0.124. The summed E-state index contributed by atoms with van der Waals surface area (Å²) < 4.78 is -0.139. The van der Waals surface area contributed by atoms with Crippen LogP contribution in [0.1, 0.15) is 136 Å². The normalized spacial score (nSPS) is 11.2. The lowest BCUT2D eigenvalue weighted by molar-refractivity contribution is -0.840. The van der Waals surface area contributed by atoms with Gasteiger partial charge in [0.2, 0.25) is 0 Å². The van der Waals surface area contributed by atoms with Crippen LogP contribution >= 0.6 is 0 Å². The van der Waals surface area contributed by atoms with Crippen LogP contribution < -0.4 is 0 Å². The van der Waals surface area contributed by atoms with Gasteiger partial charge in [0.05, 0.1) is 20.6 Å². The highest BCUT2D eigenvalue weighted by atomic mass is 16.5. The number of carboxylic acid groups (broad SMARTS) is 1. The van der Waals surface area contributed by atoms with Crippen molar-refractivity contribution in [3.8, 4) is 0 Å². The summed E-state index contributed by atoms with van der Waals surface area (Å²) >= 11 is 0. The molecule has 0 saturated carbocycles. The van der Waals surface area contributed by atoms with Gasteiger partial charge < -0.3 is 15.0 Å². The summed E-state index contributed by atoms with van der Waals surface area (Å²) in [6.07, 6.45) is 23.6. The molecule has 1 N–H and O–H groups in total. The van der Waals surface area contributed by atoms with E-state index in [4.69, 9.17) is 5.11 Å². The lowest BCUT2D eigenvalue weighted by Gasteiger charge is -2.33. The van der Waals surface area contributed by atoms with Gasteiger partial charge in [0, 0.05) is 6.42 Å². The number of nitrogens with zero attached hydrogens (tertiary/aromatic N) is 1. The van der Waals surface area contributed by atoms with Crippen molar-refractivity contribution in [2.75, 3.05) is 20.6 Å². The van der Waals surface area contributed by atoms with E-state index in [-0.39, 0.29) is 4.65 Å². The maximum atomic E-state index is 10.9. The first-order valence-electron chi connectivity index (χ1n) is 12.6. The number of quaternary nitrogens is 1. The van der Waals surface area contributed by atoms with Gasteiger partial charge in [-0.15, -0.1) is 0 Å². The van der Waals surface area contributed by atoms with E-state index in [1.807, 2.05) is 0 Å². The van der Waals surface area contributed by atoms with E-state index in [0.29, 0.717) is 6.42 Å². The van der Waals surface area contributed by atoms with Gasteiger partial charge in [0.1, 0.15) is 0 Å². The first-order chi connectivity index (χ1) is 13.8. The van der Waals surface area contributed by atoms with Crippen LogP contribution in [0.4, 0.5) is 0 Å². The molecule has 176 valence electrons. The fourth-order valence-electron chi connectivity index (χ4n) is 3.39. The number of hydrogen-bond acceptors (Lipinski definition) is 2. The molecule has 29 heavy (non-hydrogen) atoms. The molecule has 0 atom stereocenters. The van der Waals surface area contributed by atoms with Crippen molar-refractivity contribution in [3.63, 3.8) is 0 Å². The van der Waals surface area contributed by atoms with Crippen molar-refractivity contribution in [1.82, 2.24) is 0 Å². The monoisotopic (exact) mass is 415 g/mol. The minimum Gasteiger partial charge on any atom is -0.633 e. The average Bonchev–Trinajstić information content (AvgIpc) is 2.64. The molecule has 0 aliphatic rings. The Balaban J connectivity index is 0. The van der Waals surface area contributed by atoms with Gasteiger partial charge in [-0.1, -0.05) is 110 Å². The molecule has 0 radical (unpaired) electrons. The number of hydroxylamine groups is 3. The summed E-state index contributed by atoms with van der Waals surface area (Å²) in [4.78, 5) is 10.3. The third-order valence-electron chi connectivity index (χ3n) is 5.29. The third-order valence-corrected chi connectivity index (χ3v) is 5.29. The van der Waals surface area contributed by atoms with Crippen LogP contribution in [0.15, 0.2) is 0 Å². The highest BCUT2D eigenvalue weighted by Crippen LogP contribution is 2.13. The molecule has 0 aromatic heterocycles. The number of unbranched alkanes of at least 4 members (excludes halogenated alkanes) is 16. The number of hydrogen-bond donors (Lipinski definition) is 1. The standard InChI is InChI=1S/C18H36O2.C7H17NO/c1-2-3-4-5-6-7-8-9-10-11-12-13-14-15-16-17-18(19)20;1-4-5-6-7-8(2,3)9/h2-17H2,1H3,(H,19,20);4-7H2,1-3H3. The van der Waals surface area contributed by atoms with E-state index in [2.05, 4.69) is 13.8 Å². The van der Waals surface area contributed by atoms with Crippen LogP contribution in [0.2, 0.25) is 0 Å². The Hall–Kier alpha value is -0.610. The molecule has 0 amide bonds. The zero-order chi connectivity index (χ0) is 22.2. The van der Waals surface area contributed by atoms with Crippen molar-refractivity contribution < 1.29 is 14.5 Å². The molecular weight excluding hydrogens is 362 g/mol. The topological polar surface area (TPSA) is 60.4 Å². The van der Waals surface area contributed by atoms with Crippen LogP contribution in [0.5, 0.6) is 0 Å². The summed E-state index contributed by atoms with van der Waals surface area (Å²) in [5, 5.41) is 19.4. The maximum absolute atomic E-state index is 10.9. The molecule has 4 nitrogen and oxygen atoms in total. The molecule has 0 aliphatic carbocycles. The van der Waals surface area contributed by atoms with E-state index < -0.39 is 5.97 Å². The Morgan fingerprint density at radius 1 is 0.621 bits per heavy atom. The fourth-order valence-corrected chi connectivity index (χ4v) is 3.39. The Labute approximate surface area is 182 Å². The molecule has 0 aliphatic heterocycles. The second-order valence-corrected chi connectivity index (χ2v) is 9.10. The largest absolute Gasteiger partial charge is 0.633 e. The highest BCUT2D eigenvalue weighted by Gasteiger charge is 1.99. The summed E-state index contributed by atoms with van der Waals surface area (Å²) in [6.45, 7) is 5.17. The summed E-state index contributed by atoms with van der Waals surface area (Å²) in [7, 11) is 3.38. The van der Waals surface area contributed by atoms with Gasteiger partial charge in [-0.05, 0) is 19.3 Å². The van der Waals surface area contributed by atoms with Crippen molar-refractivity contribution >= 4 is 5.97 Å². The summed E-state index contributed by atoms with van der Waals surface area (Å²) in [5.74, 6) is -0.653. The molecule has 0 rings (SSSR count). The maximum Gasteiger partial charge on any atom is 0.303 e. The van der Waals surface area contributed by atoms with E-state index >= 15 is 0 Å². The molecule has 0 aromatic carbocycles. The predicted molar refractivity (Wildman–Crippen MR) is 127 cm³/mol. The smallest absolute Gasteiger partial charge is 0.303 e. The van der Waals surface area contributed by atoms with Crippen LogP contribution in [0, 0.1) is 5.21 Å². The van der Waals surface area contributed by atoms with Crippen molar-refractivity contribution in [1.29, 1.82) is 0 Å². The van der Waals surface area contributed by atoms with Crippen LogP contribution in [-0.4, -0.2) is 36.4 Å². The van der Waals surface area contributed by atoms with E-state index in [9.17, 15) is 10.0 Å². The van der Waals surface area contributed by atoms with Gasteiger partial charge in [-0.3, -0.25) is 4.79 Å². The molecule has 0 unspecified atom stereocenters. The Kier molecular flexibility index (Phi) is 25.0. The number of carboxylic acids is 1. The number of carbonyl (C=O) groups is 1. The van der Waals surface area contributed by atoms with Gasteiger partial charge >= 0.3 is 5.97 Å². The molecule has 0 spiro atoms. The molecule has 0 saturated heterocycles. The summed E-state index contributed by atoms with van der Waals surface area (Å²) in [6, 6.07) is 0. The first-order valence-corrected chi connectivity index (χ1v) is 12.6. The molecular formula is C25H53NO3. The second kappa shape index (κ2) is 23.7. The van der Waals surface area contributed by atoms with Crippen LogP contribution in [0.3, 0.4) is 0 Å². The number of aliphatic carboxylic acids is 1. The Morgan fingerprint density at radius 2 is 0.931 bits per heavy atom. The molecule has 0 aromatic rings. The highest BCUT2D eigenvalue weighted by molar-refractivity contribution is 5.66. The zero-order valence-corrected chi connectivity index (χ0v) is 20.4. The van der Waals surface area contributed by atoms with E-state index in [0.717, 1.165) is 25.8 Å². The van der Waals surface area contributed by atoms with Crippen LogP contribution in [-0.2, 0) is 4.79 Å². The Morgan fingerprint density at radius 3 is 1.24 bits per heavy atom. The van der Waals surface area contributed by atoms with E-state index in [1.54, 1.807) is 14.1 Å². The van der Waals surface area contributed by atoms with Gasteiger partial charge in [0.15, 0.2) is 0 Å². The fraction of sp³-hybridized carbons (Fsp3) is 0.960. The minimum atomic E-state index is -0.653. The third kappa shape index (κ3) is 35.2. The number of rotatable bonds is 20. The van der Waals surface area contributed by atoms with Crippen LogP contribution in [0.25, 0.3) is 0 Å². The van der Waals surface area contributed by atoms with E-state index in [1.165, 1.54) is 96.3 Å². The Bertz CT molecular complexity index is 327.